The summed E-state index contributed by atoms with van der Waals surface area (Å²) in [7, 11) is 0. The Kier molecular flexibility index (Phi) is 2.35. The summed E-state index contributed by atoms with van der Waals surface area (Å²) >= 11 is 0. The van der Waals surface area contributed by atoms with E-state index in [4.69, 9.17) is 5.26 Å². The fourth-order valence-electron chi connectivity index (χ4n) is 2.22. The van der Waals surface area contributed by atoms with Crippen molar-refractivity contribution in [2.45, 2.75) is 44.9 Å². The summed E-state index contributed by atoms with van der Waals surface area (Å²) < 4.78 is 0. The third-order valence-electron chi connectivity index (χ3n) is 3.80. The molecule has 16 heavy (non-hydrogen) atoms. The van der Waals surface area contributed by atoms with Crippen molar-refractivity contribution in [3.63, 3.8) is 0 Å². The van der Waals surface area contributed by atoms with E-state index in [0.29, 0.717) is 0 Å². The minimum Gasteiger partial charge on any atom is -0.198 e. The van der Waals surface area contributed by atoms with Crippen LogP contribution < -0.4 is 0 Å². The molecule has 2 rings (SSSR count). The Balaban J connectivity index is 2.25. The topological polar surface area (TPSA) is 23.8 Å². The third kappa shape index (κ3) is 1.73. The molecule has 0 aromatic heterocycles. The Labute approximate surface area is 98.1 Å². The first-order valence-corrected chi connectivity index (χ1v) is 5.88. The Morgan fingerprint density at radius 3 is 2.19 bits per heavy atom. The standard InChI is InChI=1S/C15H19N/c1-14(2,3)11-5-7-12(8-6-11)15(4)9-13(15)10-16/h5-8,13H,9H2,1-4H3. The highest BCUT2D eigenvalue weighted by atomic mass is 14.5. The van der Waals surface area contributed by atoms with Gasteiger partial charge >= 0.3 is 0 Å². The van der Waals surface area contributed by atoms with Crippen LogP contribution in [0.15, 0.2) is 24.3 Å². The van der Waals surface area contributed by atoms with Gasteiger partial charge in [0, 0.05) is 5.41 Å². The predicted octanol–water partition coefficient (Wildman–Crippen LogP) is 3.79. The lowest BCUT2D eigenvalue weighted by molar-refractivity contribution is 0.589. The van der Waals surface area contributed by atoms with Gasteiger partial charge in [0.1, 0.15) is 0 Å². The number of benzene rings is 1. The van der Waals surface area contributed by atoms with Crippen molar-refractivity contribution in [1.29, 1.82) is 5.26 Å². The first-order chi connectivity index (χ1) is 7.38. The summed E-state index contributed by atoms with van der Waals surface area (Å²) in [6.07, 6.45) is 1.01. The molecule has 0 amide bonds. The van der Waals surface area contributed by atoms with E-state index < -0.39 is 0 Å². The molecule has 1 nitrogen and oxygen atoms in total. The van der Waals surface area contributed by atoms with Crippen molar-refractivity contribution in [3.8, 4) is 6.07 Å². The first-order valence-electron chi connectivity index (χ1n) is 5.88. The maximum Gasteiger partial charge on any atom is 0.0665 e. The molecule has 0 saturated heterocycles. The molecule has 1 saturated carbocycles. The molecule has 1 heteroatoms. The summed E-state index contributed by atoms with van der Waals surface area (Å²) in [5, 5.41) is 8.94. The summed E-state index contributed by atoms with van der Waals surface area (Å²) in [6, 6.07) is 11.2. The average molecular weight is 213 g/mol. The van der Waals surface area contributed by atoms with Crippen LogP contribution >= 0.6 is 0 Å². The zero-order valence-corrected chi connectivity index (χ0v) is 10.5. The Morgan fingerprint density at radius 2 is 1.81 bits per heavy atom. The second-order valence-corrected chi connectivity index (χ2v) is 6.13. The van der Waals surface area contributed by atoms with Gasteiger partial charge in [0.15, 0.2) is 0 Å². The Morgan fingerprint density at radius 1 is 1.25 bits per heavy atom. The monoisotopic (exact) mass is 213 g/mol. The fourth-order valence-corrected chi connectivity index (χ4v) is 2.22. The van der Waals surface area contributed by atoms with Gasteiger partial charge in [-0.25, -0.2) is 0 Å². The summed E-state index contributed by atoms with van der Waals surface area (Å²) in [6.45, 7) is 8.85. The summed E-state index contributed by atoms with van der Waals surface area (Å²) in [4.78, 5) is 0. The molecule has 0 spiro atoms. The lowest BCUT2D eigenvalue weighted by Gasteiger charge is -2.20. The van der Waals surface area contributed by atoms with E-state index >= 15 is 0 Å². The van der Waals surface area contributed by atoms with Gasteiger partial charge in [-0.15, -0.1) is 0 Å². The highest BCUT2D eigenvalue weighted by Crippen LogP contribution is 2.53. The van der Waals surface area contributed by atoms with Crippen molar-refractivity contribution in [1.82, 2.24) is 0 Å². The number of rotatable bonds is 1. The number of nitriles is 1. The minimum atomic E-state index is 0.116. The van der Waals surface area contributed by atoms with Crippen LogP contribution in [-0.4, -0.2) is 0 Å². The van der Waals surface area contributed by atoms with Crippen molar-refractivity contribution in [2.75, 3.05) is 0 Å². The van der Waals surface area contributed by atoms with Crippen molar-refractivity contribution < 1.29 is 0 Å². The Bertz CT molecular complexity index is 430. The van der Waals surface area contributed by atoms with Crippen molar-refractivity contribution in [3.05, 3.63) is 35.4 Å². The normalized spacial score (nSPS) is 28.6. The van der Waals surface area contributed by atoms with E-state index in [9.17, 15) is 0 Å². The molecule has 2 atom stereocenters. The van der Waals surface area contributed by atoms with Crippen LogP contribution in [0.25, 0.3) is 0 Å². The van der Waals surface area contributed by atoms with E-state index in [1.165, 1.54) is 11.1 Å². The van der Waals surface area contributed by atoms with Gasteiger partial charge in [-0.05, 0) is 23.0 Å². The molecule has 0 aliphatic heterocycles. The van der Waals surface area contributed by atoms with E-state index in [-0.39, 0.29) is 16.7 Å². The maximum absolute atomic E-state index is 8.94. The van der Waals surface area contributed by atoms with E-state index in [1.54, 1.807) is 0 Å². The second-order valence-electron chi connectivity index (χ2n) is 6.13. The van der Waals surface area contributed by atoms with E-state index in [0.717, 1.165) is 6.42 Å². The maximum atomic E-state index is 8.94. The zero-order chi connectivity index (χ0) is 12.0. The van der Waals surface area contributed by atoms with Gasteiger partial charge in [-0.2, -0.15) is 5.26 Å². The highest BCUT2D eigenvalue weighted by Gasteiger charge is 2.51. The number of hydrogen-bond donors (Lipinski definition) is 0. The predicted molar refractivity (Wildman–Crippen MR) is 66.2 cm³/mol. The molecule has 1 fully saturated rings. The molecular formula is C15H19N. The molecule has 1 aromatic carbocycles. The number of nitrogens with zero attached hydrogens (tertiary/aromatic N) is 1. The molecule has 1 aliphatic rings. The first kappa shape index (κ1) is 11.2. The largest absolute Gasteiger partial charge is 0.198 e. The average Bonchev–Trinajstić information content (AvgIpc) is 2.90. The van der Waals surface area contributed by atoms with Gasteiger partial charge in [-0.3, -0.25) is 0 Å². The minimum absolute atomic E-state index is 0.116. The third-order valence-corrected chi connectivity index (χ3v) is 3.80. The molecule has 2 unspecified atom stereocenters. The van der Waals surface area contributed by atoms with Gasteiger partial charge in [0.25, 0.3) is 0 Å². The van der Waals surface area contributed by atoms with Gasteiger partial charge in [-0.1, -0.05) is 52.0 Å². The molecule has 1 aliphatic carbocycles. The second kappa shape index (κ2) is 3.35. The van der Waals surface area contributed by atoms with E-state index in [2.05, 4.69) is 58.0 Å². The van der Waals surface area contributed by atoms with Crippen LogP contribution in [0, 0.1) is 17.2 Å². The molecule has 0 bridgehead atoms. The fraction of sp³-hybridized carbons (Fsp3) is 0.533. The Hall–Kier alpha value is -1.29. The summed E-state index contributed by atoms with van der Waals surface area (Å²) in [5.74, 6) is 0.216. The zero-order valence-electron chi connectivity index (χ0n) is 10.5. The molecule has 0 heterocycles. The smallest absolute Gasteiger partial charge is 0.0665 e. The van der Waals surface area contributed by atoms with Gasteiger partial charge in [0.05, 0.1) is 12.0 Å². The van der Waals surface area contributed by atoms with Gasteiger partial charge in [0.2, 0.25) is 0 Å². The van der Waals surface area contributed by atoms with Crippen LogP contribution in [-0.2, 0) is 10.8 Å². The summed E-state index contributed by atoms with van der Waals surface area (Å²) in [5.41, 5.74) is 2.99. The van der Waals surface area contributed by atoms with Crippen LogP contribution in [0.5, 0.6) is 0 Å². The highest BCUT2D eigenvalue weighted by molar-refractivity contribution is 5.38. The molecular weight excluding hydrogens is 194 g/mol. The van der Waals surface area contributed by atoms with Crippen molar-refractivity contribution in [2.24, 2.45) is 5.92 Å². The van der Waals surface area contributed by atoms with Crippen LogP contribution in [0.1, 0.15) is 45.2 Å². The molecule has 0 N–H and O–H groups in total. The quantitative estimate of drug-likeness (QED) is 0.696. The number of hydrogen-bond acceptors (Lipinski definition) is 1. The van der Waals surface area contributed by atoms with E-state index in [1.807, 2.05) is 0 Å². The van der Waals surface area contributed by atoms with Crippen LogP contribution in [0.3, 0.4) is 0 Å². The molecule has 1 aromatic rings. The van der Waals surface area contributed by atoms with Gasteiger partial charge < -0.3 is 0 Å². The molecule has 0 radical (unpaired) electrons. The lowest BCUT2D eigenvalue weighted by atomic mass is 9.85. The van der Waals surface area contributed by atoms with Crippen LogP contribution in [0.2, 0.25) is 0 Å². The van der Waals surface area contributed by atoms with Crippen LogP contribution in [0.4, 0.5) is 0 Å². The lowest BCUT2D eigenvalue weighted by Crippen LogP contribution is -2.12. The SMILES string of the molecule is CC(C)(C)c1ccc(C2(C)CC2C#N)cc1. The van der Waals surface area contributed by atoms with Crippen molar-refractivity contribution >= 4 is 0 Å². The molecule has 84 valence electrons.